The third kappa shape index (κ3) is 3.75. The number of primary amides is 1. The van der Waals surface area contributed by atoms with Crippen molar-refractivity contribution in [1.29, 1.82) is 0 Å². The number of aromatic nitrogens is 2. The van der Waals surface area contributed by atoms with Gasteiger partial charge in [-0.05, 0) is 37.5 Å². The number of carbonyl (C=O) groups is 1. The maximum absolute atomic E-state index is 12.0. The molecule has 0 saturated carbocycles. The minimum atomic E-state index is -0.270. The van der Waals surface area contributed by atoms with Gasteiger partial charge < -0.3 is 10.6 Å². The Bertz CT molecular complexity index is 1030. The van der Waals surface area contributed by atoms with Crippen LogP contribution in [0.1, 0.15) is 41.6 Å². The Balaban J connectivity index is 1.65. The summed E-state index contributed by atoms with van der Waals surface area (Å²) in [6, 6.07) is 18.3. The van der Waals surface area contributed by atoms with Gasteiger partial charge in [0.25, 0.3) is 0 Å². The van der Waals surface area contributed by atoms with E-state index in [2.05, 4.69) is 35.1 Å². The molecule has 2 N–H and O–H groups in total. The number of fused-ring (bicyclic) bond motifs is 1. The number of hydrogen-bond acceptors (Lipinski definition) is 3. The number of halogens is 1. The first-order valence-corrected chi connectivity index (χ1v) is 10.2. The van der Waals surface area contributed by atoms with E-state index in [1.807, 2.05) is 48.0 Å². The Kier molecular flexibility index (Phi) is 5.33. The second-order valence-electron chi connectivity index (χ2n) is 7.72. The molecule has 0 radical (unpaired) electrons. The van der Waals surface area contributed by atoms with Crippen molar-refractivity contribution in [3.8, 4) is 0 Å². The zero-order valence-electron chi connectivity index (χ0n) is 16.7. The number of rotatable bonds is 5. The molecule has 2 aromatic carbocycles. The summed E-state index contributed by atoms with van der Waals surface area (Å²) in [6.45, 7) is 5.40. The molecule has 0 spiro atoms. The summed E-state index contributed by atoms with van der Waals surface area (Å²) in [5, 5.41) is 5.34. The third-order valence-electron chi connectivity index (χ3n) is 5.76. The van der Waals surface area contributed by atoms with Crippen molar-refractivity contribution in [2.75, 3.05) is 4.90 Å². The molecule has 3 aromatic rings. The Morgan fingerprint density at radius 2 is 1.83 bits per heavy atom. The van der Waals surface area contributed by atoms with Crippen molar-refractivity contribution in [2.45, 2.75) is 45.3 Å². The highest BCUT2D eigenvalue weighted by Crippen LogP contribution is 2.39. The second kappa shape index (κ2) is 7.91. The molecule has 6 heteroatoms. The minimum Gasteiger partial charge on any atom is -0.369 e. The van der Waals surface area contributed by atoms with Crippen molar-refractivity contribution in [3.05, 3.63) is 82.1 Å². The van der Waals surface area contributed by atoms with Crippen molar-refractivity contribution < 1.29 is 4.79 Å². The molecule has 1 aromatic heterocycles. The Morgan fingerprint density at radius 3 is 2.55 bits per heavy atom. The first kappa shape index (κ1) is 19.5. The van der Waals surface area contributed by atoms with E-state index in [4.69, 9.17) is 17.3 Å². The molecule has 29 heavy (non-hydrogen) atoms. The van der Waals surface area contributed by atoms with Crippen molar-refractivity contribution in [2.24, 2.45) is 5.73 Å². The normalized spacial score (nSPS) is 18.5. The van der Waals surface area contributed by atoms with Gasteiger partial charge >= 0.3 is 0 Å². The number of amides is 1. The zero-order chi connectivity index (χ0) is 20.5. The molecule has 1 amide bonds. The van der Waals surface area contributed by atoms with Crippen molar-refractivity contribution in [3.63, 3.8) is 0 Å². The van der Waals surface area contributed by atoms with Gasteiger partial charge in [-0.1, -0.05) is 60.1 Å². The molecule has 0 aliphatic carbocycles. The third-order valence-corrected chi connectivity index (χ3v) is 6.18. The lowest BCUT2D eigenvalue weighted by atomic mass is 9.85. The van der Waals surface area contributed by atoms with Crippen LogP contribution < -0.4 is 10.6 Å². The van der Waals surface area contributed by atoms with Crippen molar-refractivity contribution >= 4 is 23.2 Å². The maximum Gasteiger partial charge on any atom is 0.225 e. The Morgan fingerprint density at radius 1 is 1.14 bits per heavy atom. The van der Waals surface area contributed by atoms with Crippen LogP contribution in [0.2, 0.25) is 5.15 Å². The maximum atomic E-state index is 12.0. The zero-order valence-corrected chi connectivity index (χ0v) is 17.4. The molecule has 5 nitrogen and oxygen atoms in total. The molecule has 0 saturated heterocycles. The van der Waals surface area contributed by atoms with Gasteiger partial charge in [-0.25, -0.2) is 4.68 Å². The molecular weight excluding hydrogens is 384 g/mol. The highest BCUT2D eigenvalue weighted by Gasteiger charge is 2.33. The van der Waals surface area contributed by atoms with E-state index < -0.39 is 0 Å². The van der Waals surface area contributed by atoms with E-state index in [0.29, 0.717) is 24.7 Å². The van der Waals surface area contributed by atoms with Gasteiger partial charge in [-0.3, -0.25) is 4.79 Å². The number of benzene rings is 2. The lowest BCUT2D eigenvalue weighted by Crippen LogP contribution is -2.41. The van der Waals surface area contributed by atoms with E-state index in [-0.39, 0.29) is 17.9 Å². The average molecular weight is 409 g/mol. The fraction of sp³-hybridized carbons (Fsp3) is 0.304. The van der Waals surface area contributed by atoms with Crippen LogP contribution in [0.15, 0.2) is 54.6 Å². The van der Waals surface area contributed by atoms with Gasteiger partial charge in [0, 0.05) is 23.8 Å². The number of carbonyl (C=O) groups excluding carboxylic acids is 1. The molecule has 0 fully saturated rings. The highest BCUT2D eigenvalue weighted by molar-refractivity contribution is 6.30. The number of hydrogen-bond donors (Lipinski definition) is 1. The monoisotopic (exact) mass is 408 g/mol. The molecule has 0 bridgehead atoms. The number of nitrogens with zero attached hydrogens (tertiary/aromatic N) is 3. The standard InChI is InChI=1S/C23H25ClN4O/c1-15-12-19(23(25)29)18-10-6-7-11-21(18)27(15)14-20-16(2)26-28(22(20)24)13-17-8-4-3-5-9-17/h3-11,15,19H,12-14H2,1-2H3,(H2,25,29)/t15-,19-/m1/s1. The van der Waals surface area contributed by atoms with Gasteiger partial charge in [0.15, 0.2) is 0 Å². The summed E-state index contributed by atoms with van der Waals surface area (Å²) >= 11 is 6.75. The molecule has 0 unspecified atom stereocenters. The predicted octanol–water partition coefficient (Wildman–Crippen LogP) is 4.26. The van der Waals surface area contributed by atoms with Crippen LogP contribution in [-0.2, 0) is 17.9 Å². The highest BCUT2D eigenvalue weighted by atomic mass is 35.5. The molecule has 2 atom stereocenters. The summed E-state index contributed by atoms with van der Waals surface area (Å²) in [5.74, 6) is -0.524. The quantitative estimate of drug-likeness (QED) is 0.686. The Labute approximate surface area is 176 Å². The molecule has 150 valence electrons. The van der Waals surface area contributed by atoms with Crippen molar-refractivity contribution in [1.82, 2.24) is 9.78 Å². The molecule has 1 aliphatic rings. The van der Waals surface area contributed by atoms with E-state index in [9.17, 15) is 4.79 Å². The first-order valence-electron chi connectivity index (χ1n) is 9.86. The van der Waals surface area contributed by atoms with E-state index >= 15 is 0 Å². The van der Waals surface area contributed by atoms with Gasteiger partial charge in [0.05, 0.1) is 18.2 Å². The van der Waals surface area contributed by atoms with Gasteiger partial charge in [0.1, 0.15) is 5.15 Å². The number of para-hydroxylation sites is 1. The van der Waals surface area contributed by atoms with Crippen LogP contribution in [0, 0.1) is 6.92 Å². The van der Waals surface area contributed by atoms with E-state index in [1.54, 1.807) is 0 Å². The second-order valence-corrected chi connectivity index (χ2v) is 8.08. The summed E-state index contributed by atoms with van der Waals surface area (Å²) in [6.07, 6.45) is 0.696. The lowest BCUT2D eigenvalue weighted by molar-refractivity contribution is -0.119. The SMILES string of the molecule is Cc1nn(Cc2ccccc2)c(Cl)c1CN1c2ccccc2[C@H](C(N)=O)C[C@H]1C. The van der Waals surface area contributed by atoms with Gasteiger partial charge in [-0.2, -0.15) is 5.10 Å². The summed E-state index contributed by atoms with van der Waals surface area (Å²) in [5.41, 5.74) is 10.8. The molecule has 1 aliphatic heterocycles. The first-order chi connectivity index (χ1) is 14.0. The predicted molar refractivity (Wildman–Crippen MR) is 116 cm³/mol. The van der Waals surface area contributed by atoms with Gasteiger partial charge in [0.2, 0.25) is 5.91 Å². The topological polar surface area (TPSA) is 64.2 Å². The fourth-order valence-corrected chi connectivity index (χ4v) is 4.48. The van der Waals surface area contributed by atoms with Crippen LogP contribution in [0.25, 0.3) is 0 Å². The number of anilines is 1. The average Bonchev–Trinajstić information content (AvgIpc) is 2.97. The van der Waals surface area contributed by atoms with Crippen LogP contribution in [-0.4, -0.2) is 21.7 Å². The van der Waals surface area contributed by atoms with Gasteiger partial charge in [-0.15, -0.1) is 0 Å². The Hall–Kier alpha value is -2.79. The number of nitrogens with two attached hydrogens (primary N) is 1. The van der Waals surface area contributed by atoms with Crippen LogP contribution in [0.3, 0.4) is 0 Å². The fourth-order valence-electron chi connectivity index (χ4n) is 4.19. The molecule has 4 rings (SSSR count). The summed E-state index contributed by atoms with van der Waals surface area (Å²) < 4.78 is 1.86. The molecular formula is C23H25ClN4O. The largest absolute Gasteiger partial charge is 0.369 e. The number of aryl methyl sites for hydroxylation is 1. The van der Waals surface area contributed by atoms with Crippen LogP contribution in [0.4, 0.5) is 5.69 Å². The van der Waals surface area contributed by atoms with E-state index in [1.165, 1.54) is 0 Å². The summed E-state index contributed by atoms with van der Waals surface area (Å²) in [4.78, 5) is 14.3. The van der Waals surface area contributed by atoms with Crippen LogP contribution in [0.5, 0.6) is 0 Å². The minimum absolute atomic E-state index is 0.162. The van der Waals surface area contributed by atoms with E-state index in [0.717, 1.165) is 28.1 Å². The van der Waals surface area contributed by atoms with Crippen LogP contribution >= 0.6 is 11.6 Å². The molecule has 2 heterocycles. The smallest absolute Gasteiger partial charge is 0.225 e. The lowest BCUT2D eigenvalue weighted by Gasteiger charge is -2.40. The summed E-state index contributed by atoms with van der Waals surface area (Å²) in [7, 11) is 0.